The van der Waals surface area contributed by atoms with Gasteiger partial charge in [-0.15, -0.1) is 0 Å². The molecule has 0 amide bonds. The van der Waals surface area contributed by atoms with E-state index in [1.54, 1.807) is 0 Å². The van der Waals surface area contributed by atoms with Crippen molar-refractivity contribution < 1.29 is 4.74 Å². The summed E-state index contributed by atoms with van der Waals surface area (Å²) in [6, 6.07) is 0. The Hall–Kier alpha value is -0.830. The number of imidazole rings is 1. The molecule has 2 fully saturated rings. The molecule has 1 aromatic heterocycles. The van der Waals surface area contributed by atoms with E-state index in [4.69, 9.17) is 4.74 Å². The molecule has 1 spiro atoms. The Morgan fingerprint density at radius 2 is 2.17 bits per heavy atom. The molecule has 0 radical (unpaired) electrons. The molecule has 0 N–H and O–H groups in total. The second-order valence-electron chi connectivity index (χ2n) is 6.26. The summed E-state index contributed by atoms with van der Waals surface area (Å²) in [5.74, 6) is 1.67. The lowest BCUT2D eigenvalue weighted by atomic mass is 9.98. The van der Waals surface area contributed by atoms with Gasteiger partial charge in [0.15, 0.2) is 0 Å². The third-order valence-corrected chi connectivity index (χ3v) is 4.52. The van der Waals surface area contributed by atoms with Crippen molar-refractivity contribution >= 4 is 0 Å². The molecular formula is C15H24N2O. The fraction of sp³-hybridized carbons (Fsp3) is 0.800. The monoisotopic (exact) mass is 248 g/mol. The third kappa shape index (κ3) is 2.20. The largest absolute Gasteiger partial charge is 0.370 e. The summed E-state index contributed by atoms with van der Waals surface area (Å²) in [5, 5.41) is 0. The number of nitrogens with zero attached hydrogens (tertiary/aromatic N) is 2. The van der Waals surface area contributed by atoms with E-state index in [9.17, 15) is 0 Å². The molecule has 1 saturated heterocycles. The maximum atomic E-state index is 6.37. The van der Waals surface area contributed by atoms with Crippen molar-refractivity contribution in [2.24, 2.45) is 0 Å². The standard InChI is InChI=1S/C15H24N2O/c1-12(2)14-16-9-10-17(14)11-13-5-8-15(18-13)6-3-4-7-15/h9-10,12-13H,3-8,11H2,1-2H3. The van der Waals surface area contributed by atoms with Crippen molar-refractivity contribution in [1.29, 1.82) is 0 Å². The van der Waals surface area contributed by atoms with E-state index < -0.39 is 0 Å². The van der Waals surface area contributed by atoms with Crippen LogP contribution in [-0.2, 0) is 11.3 Å². The lowest BCUT2D eigenvalue weighted by Crippen LogP contribution is -2.27. The highest BCUT2D eigenvalue weighted by Crippen LogP contribution is 2.43. The second kappa shape index (κ2) is 4.69. The summed E-state index contributed by atoms with van der Waals surface area (Å²) >= 11 is 0. The Bertz CT molecular complexity index is 404. The van der Waals surface area contributed by atoms with Crippen LogP contribution in [-0.4, -0.2) is 21.3 Å². The van der Waals surface area contributed by atoms with Crippen LogP contribution in [0.15, 0.2) is 12.4 Å². The quantitative estimate of drug-likeness (QED) is 0.818. The number of hydrogen-bond acceptors (Lipinski definition) is 2. The first-order chi connectivity index (χ1) is 8.69. The molecule has 1 aliphatic carbocycles. The van der Waals surface area contributed by atoms with Gasteiger partial charge < -0.3 is 9.30 Å². The smallest absolute Gasteiger partial charge is 0.111 e. The summed E-state index contributed by atoms with van der Waals surface area (Å²) < 4.78 is 8.65. The van der Waals surface area contributed by atoms with Gasteiger partial charge in [-0.05, 0) is 25.7 Å². The van der Waals surface area contributed by atoms with E-state index in [0.717, 1.165) is 6.54 Å². The summed E-state index contributed by atoms with van der Waals surface area (Å²) in [7, 11) is 0. The minimum atomic E-state index is 0.253. The molecule has 1 atom stereocenters. The minimum Gasteiger partial charge on any atom is -0.370 e. The van der Waals surface area contributed by atoms with Gasteiger partial charge in [0.25, 0.3) is 0 Å². The molecule has 18 heavy (non-hydrogen) atoms. The van der Waals surface area contributed by atoms with Crippen LogP contribution in [0, 0.1) is 0 Å². The lowest BCUT2D eigenvalue weighted by molar-refractivity contribution is -0.0420. The zero-order chi connectivity index (χ0) is 12.6. The van der Waals surface area contributed by atoms with Gasteiger partial charge in [0.05, 0.1) is 18.2 Å². The average molecular weight is 248 g/mol. The third-order valence-electron chi connectivity index (χ3n) is 4.52. The number of ether oxygens (including phenoxy) is 1. The Labute approximate surface area is 110 Å². The second-order valence-corrected chi connectivity index (χ2v) is 6.26. The van der Waals surface area contributed by atoms with Gasteiger partial charge in [-0.25, -0.2) is 4.98 Å². The van der Waals surface area contributed by atoms with E-state index in [0.29, 0.717) is 12.0 Å². The van der Waals surface area contributed by atoms with Crippen LogP contribution in [0.3, 0.4) is 0 Å². The number of aromatic nitrogens is 2. The molecule has 0 bridgehead atoms. The predicted molar refractivity (Wildman–Crippen MR) is 71.6 cm³/mol. The van der Waals surface area contributed by atoms with Crippen molar-refractivity contribution in [2.75, 3.05) is 0 Å². The molecule has 0 aromatic carbocycles. The molecule has 1 saturated carbocycles. The number of rotatable bonds is 3. The topological polar surface area (TPSA) is 27.1 Å². The molecular weight excluding hydrogens is 224 g/mol. The highest BCUT2D eigenvalue weighted by atomic mass is 16.5. The summed E-state index contributed by atoms with van der Waals surface area (Å²) in [5.41, 5.74) is 0.253. The Kier molecular flexibility index (Phi) is 3.18. The molecule has 1 aliphatic heterocycles. The normalized spacial score (nSPS) is 26.5. The van der Waals surface area contributed by atoms with E-state index in [2.05, 4.69) is 29.6 Å². The maximum absolute atomic E-state index is 6.37. The van der Waals surface area contributed by atoms with Crippen molar-refractivity contribution in [3.63, 3.8) is 0 Å². The van der Waals surface area contributed by atoms with E-state index >= 15 is 0 Å². The van der Waals surface area contributed by atoms with Crippen molar-refractivity contribution in [3.8, 4) is 0 Å². The molecule has 3 nitrogen and oxygen atoms in total. The van der Waals surface area contributed by atoms with Crippen LogP contribution in [0.4, 0.5) is 0 Å². The van der Waals surface area contributed by atoms with Gasteiger partial charge in [-0.1, -0.05) is 26.7 Å². The molecule has 2 aliphatic rings. The minimum absolute atomic E-state index is 0.253. The van der Waals surface area contributed by atoms with Crippen molar-refractivity contribution in [2.45, 2.75) is 76.5 Å². The SMILES string of the molecule is CC(C)c1nccn1CC1CCC2(CCCC2)O1. The maximum Gasteiger partial charge on any atom is 0.111 e. The summed E-state index contributed by atoms with van der Waals surface area (Å²) in [6.45, 7) is 5.38. The zero-order valence-corrected chi connectivity index (χ0v) is 11.6. The van der Waals surface area contributed by atoms with Crippen LogP contribution < -0.4 is 0 Å². The average Bonchev–Trinajstić information content (AvgIpc) is 3.03. The summed E-state index contributed by atoms with van der Waals surface area (Å²) in [6.07, 6.45) is 12.2. The van der Waals surface area contributed by atoms with Crippen LogP contribution in [0.2, 0.25) is 0 Å². The van der Waals surface area contributed by atoms with Crippen LogP contribution in [0.1, 0.15) is 64.1 Å². The van der Waals surface area contributed by atoms with E-state index in [1.807, 2.05) is 6.20 Å². The van der Waals surface area contributed by atoms with Gasteiger partial charge >= 0.3 is 0 Å². The van der Waals surface area contributed by atoms with Crippen molar-refractivity contribution in [3.05, 3.63) is 18.2 Å². The molecule has 100 valence electrons. The van der Waals surface area contributed by atoms with Gasteiger partial charge in [0.1, 0.15) is 5.82 Å². The fourth-order valence-corrected chi connectivity index (χ4v) is 3.61. The first-order valence-corrected chi connectivity index (χ1v) is 7.37. The molecule has 1 aromatic rings. The predicted octanol–water partition coefficient (Wildman–Crippen LogP) is 3.50. The lowest BCUT2D eigenvalue weighted by Gasteiger charge is -2.24. The first kappa shape index (κ1) is 12.2. The Morgan fingerprint density at radius 3 is 2.89 bits per heavy atom. The van der Waals surface area contributed by atoms with Crippen LogP contribution in [0.5, 0.6) is 0 Å². The fourth-order valence-electron chi connectivity index (χ4n) is 3.61. The number of hydrogen-bond donors (Lipinski definition) is 0. The van der Waals surface area contributed by atoms with Gasteiger partial charge in [0, 0.05) is 18.3 Å². The zero-order valence-electron chi connectivity index (χ0n) is 11.6. The molecule has 2 heterocycles. The molecule has 3 rings (SSSR count). The van der Waals surface area contributed by atoms with Crippen LogP contribution >= 0.6 is 0 Å². The first-order valence-electron chi connectivity index (χ1n) is 7.37. The van der Waals surface area contributed by atoms with Gasteiger partial charge in [-0.3, -0.25) is 0 Å². The van der Waals surface area contributed by atoms with E-state index in [1.165, 1.54) is 44.3 Å². The highest BCUT2D eigenvalue weighted by Gasteiger charge is 2.42. The molecule has 3 heteroatoms. The van der Waals surface area contributed by atoms with Gasteiger partial charge in [0.2, 0.25) is 0 Å². The Morgan fingerprint density at radius 1 is 1.39 bits per heavy atom. The van der Waals surface area contributed by atoms with Crippen LogP contribution in [0.25, 0.3) is 0 Å². The Balaban J connectivity index is 1.65. The summed E-state index contributed by atoms with van der Waals surface area (Å²) in [4.78, 5) is 4.45. The van der Waals surface area contributed by atoms with Crippen molar-refractivity contribution in [1.82, 2.24) is 9.55 Å². The highest BCUT2D eigenvalue weighted by molar-refractivity contribution is 4.99. The van der Waals surface area contributed by atoms with E-state index in [-0.39, 0.29) is 5.60 Å². The van der Waals surface area contributed by atoms with Gasteiger partial charge in [-0.2, -0.15) is 0 Å². The molecule has 1 unspecified atom stereocenters.